The van der Waals surface area contributed by atoms with Gasteiger partial charge in [-0.15, -0.1) is 0 Å². The lowest BCUT2D eigenvalue weighted by atomic mass is 9.98. The highest BCUT2D eigenvalue weighted by Crippen LogP contribution is 2.26. The number of nitrogen functional groups attached to an aromatic ring is 2. The predicted octanol–water partition coefficient (Wildman–Crippen LogP) is 6.35. The molecule has 0 fully saturated rings. The molecule has 2 nitrogen and oxygen atoms in total. The van der Waals surface area contributed by atoms with Crippen molar-refractivity contribution in [2.75, 3.05) is 11.5 Å². The maximum Gasteiger partial charge on any atom is 0.0314 e. The molecule has 0 aromatic heterocycles. The van der Waals surface area contributed by atoms with Gasteiger partial charge in [-0.2, -0.15) is 0 Å². The van der Waals surface area contributed by atoms with Crippen LogP contribution >= 0.6 is 0 Å². The Morgan fingerprint density at radius 1 is 0.429 bits per heavy atom. The molecular formula is C26H22N2. The number of fused-ring (bicyclic) bond motifs is 1. The summed E-state index contributed by atoms with van der Waals surface area (Å²) in [5.74, 6) is 0. The van der Waals surface area contributed by atoms with E-state index in [2.05, 4.69) is 60.7 Å². The van der Waals surface area contributed by atoms with Gasteiger partial charge in [0.05, 0.1) is 0 Å². The third kappa shape index (κ3) is 3.97. The zero-order valence-corrected chi connectivity index (χ0v) is 15.5. The first-order valence-corrected chi connectivity index (χ1v) is 9.28. The van der Waals surface area contributed by atoms with Crippen molar-refractivity contribution in [1.82, 2.24) is 0 Å². The molecule has 136 valence electrons. The van der Waals surface area contributed by atoms with Gasteiger partial charge in [0.25, 0.3) is 0 Å². The van der Waals surface area contributed by atoms with E-state index in [4.69, 9.17) is 11.5 Å². The molecule has 0 aliphatic heterocycles. The third-order valence-electron chi connectivity index (χ3n) is 4.77. The summed E-state index contributed by atoms with van der Waals surface area (Å²) in [4.78, 5) is 0. The van der Waals surface area contributed by atoms with Gasteiger partial charge in [0.2, 0.25) is 0 Å². The molecule has 0 amide bonds. The lowest BCUT2D eigenvalue weighted by Gasteiger charge is -2.06. The molecule has 28 heavy (non-hydrogen) atoms. The first kappa shape index (κ1) is 17.6. The molecule has 0 bridgehead atoms. The van der Waals surface area contributed by atoms with Crippen LogP contribution < -0.4 is 11.5 Å². The number of hydrogen-bond acceptors (Lipinski definition) is 2. The predicted molar refractivity (Wildman–Crippen MR) is 124 cm³/mol. The van der Waals surface area contributed by atoms with Gasteiger partial charge < -0.3 is 11.5 Å². The second-order valence-corrected chi connectivity index (χ2v) is 6.79. The van der Waals surface area contributed by atoms with E-state index in [-0.39, 0.29) is 0 Å². The number of rotatable bonds is 4. The van der Waals surface area contributed by atoms with Crippen molar-refractivity contribution in [2.24, 2.45) is 0 Å². The van der Waals surface area contributed by atoms with Gasteiger partial charge in [0.15, 0.2) is 0 Å². The Hall–Kier alpha value is -3.78. The second kappa shape index (κ2) is 7.85. The molecule has 4 rings (SSSR count). The average molecular weight is 362 g/mol. The minimum absolute atomic E-state index is 0.778. The zero-order chi connectivity index (χ0) is 19.3. The van der Waals surface area contributed by atoms with E-state index in [1.54, 1.807) is 0 Å². The summed E-state index contributed by atoms with van der Waals surface area (Å²) in [6.07, 6.45) is 8.54. The Morgan fingerprint density at radius 2 is 0.821 bits per heavy atom. The molecule has 0 unspecified atom stereocenters. The van der Waals surface area contributed by atoms with Crippen LogP contribution in [0.4, 0.5) is 11.4 Å². The Morgan fingerprint density at radius 3 is 1.21 bits per heavy atom. The first-order valence-electron chi connectivity index (χ1n) is 9.28. The Labute approximate surface area is 165 Å². The van der Waals surface area contributed by atoms with Crippen LogP contribution in [0.2, 0.25) is 0 Å². The molecule has 0 saturated carbocycles. The average Bonchev–Trinajstić information content (AvgIpc) is 2.73. The topological polar surface area (TPSA) is 52.0 Å². The molecule has 2 heteroatoms. The standard InChI is InChI=1S/C26H22N2/c27-23-15-9-19(10-16-23)7-13-21-3-1-5-25-22(4-2-6-26(21)25)14-8-20-11-17-24(28)18-12-20/h1-18H,27-28H2/b13-7+,14-8+. The van der Waals surface area contributed by atoms with E-state index in [9.17, 15) is 0 Å². The Kier molecular flexibility index (Phi) is 4.94. The van der Waals surface area contributed by atoms with Crippen molar-refractivity contribution in [3.8, 4) is 0 Å². The number of anilines is 2. The van der Waals surface area contributed by atoms with E-state index in [1.165, 1.54) is 21.9 Å². The van der Waals surface area contributed by atoms with Gasteiger partial charge in [-0.05, 0) is 57.3 Å². The molecule has 4 N–H and O–H groups in total. The highest BCUT2D eigenvalue weighted by atomic mass is 14.5. The van der Waals surface area contributed by atoms with E-state index < -0.39 is 0 Å². The summed E-state index contributed by atoms with van der Waals surface area (Å²) in [6, 6.07) is 28.6. The number of hydrogen-bond donors (Lipinski definition) is 2. The summed E-state index contributed by atoms with van der Waals surface area (Å²) >= 11 is 0. The molecule has 0 aliphatic carbocycles. The maximum atomic E-state index is 5.77. The van der Waals surface area contributed by atoms with Gasteiger partial charge in [0.1, 0.15) is 0 Å². The molecular weight excluding hydrogens is 340 g/mol. The van der Waals surface area contributed by atoms with Crippen molar-refractivity contribution < 1.29 is 0 Å². The molecule has 4 aromatic carbocycles. The van der Waals surface area contributed by atoms with Crippen molar-refractivity contribution in [2.45, 2.75) is 0 Å². The van der Waals surface area contributed by atoms with E-state index >= 15 is 0 Å². The highest BCUT2D eigenvalue weighted by molar-refractivity contribution is 5.98. The Bertz CT molecular complexity index is 1060. The molecule has 0 heterocycles. The summed E-state index contributed by atoms with van der Waals surface area (Å²) < 4.78 is 0. The summed E-state index contributed by atoms with van der Waals surface area (Å²) in [5, 5.41) is 2.46. The molecule has 0 aliphatic rings. The molecule has 0 atom stereocenters. The van der Waals surface area contributed by atoms with Crippen LogP contribution in [0, 0.1) is 0 Å². The fraction of sp³-hybridized carbons (Fsp3) is 0. The summed E-state index contributed by atoms with van der Waals surface area (Å²) in [7, 11) is 0. The van der Waals surface area contributed by atoms with Crippen LogP contribution in [0.25, 0.3) is 35.1 Å². The maximum absolute atomic E-state index is 5.77. The molecule has 0 saturated heterocycles. The van der Waals surface area contributed by atoms with Crippen LogP contribution in [0.1, 0.15) is 22.3 Å². The van der Waals surface area contributed by atoms with Crippen LogP contribution in [-0.2, 0) is 0 Å². The fourth-order valence-corrected chi connectivity index (χ4v) is 3.24. The van der Waals surface area contributed by atoms with E-state index in [1.807, 2.05) is 48.5 Å². The van der Waals surface area contributed by atoms with Crippen molar-refractivity contribution >= 4 is 46.5 Å². The van der Waals surface area contributed by atoms with E-state index in [0.717, 1.165) is 22.5 Å². The van der Waals surface area contributed by atoms with Crippen LogP contribution in [0.5, 0.6) is 0 Å². The summed E-state index contributed by atoms with van der Waals surface area (Å²) in [5.41, 5.74) is 17.7. The van der Waals surface area contributed by atoms with Gasteiger partial charge in [0, 0.05) is 11.4 Å². The normalized spacial score (nSPS) is 11.6. The zero-order valence-electron chi connectivity index (χ0n) is 15.5. The number of benzene rings is 4. The van der Waals surface area contributed by atoms with Crippen molar-refractivity contribution in [3.05, 3.63) is 107 Å². The SMILES string of the molecule is Nc1ccc(/C=C/c2cccc3c(/C=C/c4ccc(N)cc4)cccc23)cc1. The van der Waals surface area contributed by atoms with Gasteiger partial charge in [-0.3, -0.25) is 0 Å². The minimum Gasteiger partial charge on any atom is -0.399 e. The lowest BCUT2D eigenvalue weighted by Crippen LogP contribution is -1.84. The quantitative estimate of drug-likeness (QED) is 0.328. The van der Waals surface area contributed by atoms with Crippen molar-refractivity contribution in [1.29, 1.82) is 0 Å². The summed E-state index contributed by atoms with van der Waals surface area (Å²) in [6.45, 7) is 0. The van der Waals surface area contributed by atoms with Gasteiger partial charge >= 0.3 is 0 Å². The van der Waals surface area contributed by atoms with Gasteiger partial charge in [-0.1, -0.05) is 85.0 Å². The van der Waals surface area contributed by atoms with Crippen LogP contribution in [0.15, 0.2) is 84.9 Å². The minimum atomic E-state index is 0.778. The molecule has 4 aromatic rings. The van der Waals surface area contributed by atoms with Gasteiger partial charge in [-0.25, -0.2) is 0 Å². The second-order valence-electron chi connectivity index (χ2n) is 6.79. The lowest BCUT2D eigenvalue weighted by molar-refractivity contribution is 1.64. The third-order valence-corrected chi connectivity index (χ3v) is 4.77. The highest BCUT2D eigenvalue weighted by Gasteiger charge is 2.01. The molecule has 0 radical (unpaired) electrons. The van der Waals surface area contributed by atoms with Crippen molar-refractivity contribution in [3.63, 3.8) is 0 Å². The monoisotopic (exact) mass is 362 g/mol. The molecule has 0 spiro atoms. The largest absolute Gasteiger partial charge is 0.399 e. The Balaban J connectivity index is 1.68. The van der Waals surface area contributed by atoms with E-state index in [0.29, 0.717) is 0 Å². The van der Waals surface area contributed by atoms with Crippen LogP contribution in [-0.4, -0.2) is 0 Å². The fourth-order valence-electron chi connectivity index (χ4n) is 3.24. The first-order chi connectivity index (χ1) is 13.7. The van der Waals surface area contributed by atoms with Crippen LogP contribution in [0.3, 0.4) is 0 Å². The smallest absolute Gasteiger partial charge is 0.0314 e. The number of nitrogens with two attached hydrogens (primary N) is 2.